The van der Waals surface area contributed by atoms with E-state index < -0.39 is 29.1 Å². The first-order chi connectivity index (χ1) is 16.9. The summed E-state index contributed by atoms with van der Waals surface area (Å²) in [5, 5.41) is 0. The van der Waals surface area contributed by atoms with Gasteiger partial charge in [-0.2, -0.15) is 0 Å². The smallest absolute Gasteiger partial charge is 0.194 e. The summed E-state index contributed by atoms with van der Waals surface area (Å²) < 4.78 is 69.6. The molecule has 4 rings (SSSR count). The third-order valence-corrected chi connectivity index (χ3v) is 7.21. The molecule has 0 atom stereocenters. The van der Waals surface area contributed by atoms with Crippen LogP contribution in [0.1, 0.15) is 61.1 Å². The number of hydrogen-bond acceptors (Lipinski definition) is 0. The van der Waals surface area contributed by atoms with E-state index in [1.807, 2.05) is 30.3 Å². The Kier molecular flexibility index (Phi) is 8.04. The van der Waals surface area contributed by atoms with Gasteiger partial charge in [-0.1, -0.05) is 42.5 Å². The first kappa shape index (κ1) is 25.2. The van der Waals surface area contributed by atoms with E-state index in [4.69, 9.17) is 0 Å². The molecule has 0 heterocycles. The molecule has 3 aromatic carbocycles. The average Bonchev–Trinajstić information content (AvgIpc) is 2.87. The highest BCUT2D eigenvalue weighted by molar-refractivity contribution is 5.65. The van der Waals surface area contributed by atoms with Gasteiger partial charge in [0, 0.05) is 5.56 Å². The molecule has 1 saturated carbocycles. The van der Waals surface area contributed by atoms with Crippen LogP contribution in [0.25, 0.3) is 11.1 Å². The Morgan fingerprint density at radius 1 is 0.743 bits per heavy atom. The molecular weight excluding hydrogens is 455 g/mol. The van der Waals surface area contributed by atoms with Gasteiger partial charge in [0.2, 0.25) is 0 Å². The molecule has 3 aromatic rings. The van der Waals surface area contributed by atoms with Crippen LogP contribution in [-0.2, 0) is 12.8 Å². The molecule has 0 nitrogen and oxygen atoms in total. The van der Waals surface area contributed by atoms with E-state index in [0.717, 1.165) is 37.3 Å². The van der Waals surface area contributed by atoms with E-state index in [1.54, 1.807) is 0 Å². The van der Waals surface area contributed by atoms with E-state index in [0.29, 0.717) is 11.5 Å². The molecule has 0 amide bonds. The summed E-state index contributed by atoms with van der Waals surface area (Å²) in [5.74, 6) is -4.81. The SMILES string of the molecule is C=CCCC1CCC(c2ccc(-c3ccc(CCc4cc(F)c(F)c(F)c4)c(F)c3F)cc2)CC1. The summed E-state index contributed by atoms with van der Waals surface area (Å²) in [6.07, 6.45) is 9.02. The fourth-order valence-corrected chi connectivity index (χ4v) is 5.11. The van der Waals surface area contributed by atoms with E-state index in [1.165, 1.54) is 37.0 Å². The van der Waals surface area contributed by atoms with Crippen molar-refractivity contribution in [1.29, 1.82) is 0 Å². The maximum Gasteiger partial charge on any atom is 0.194 e. The largest absolute Gasteiger partial charge is 0.204 e. The fourth-order valence-electron chi connectivity index (χ4n) is 5.11. The number of allylic oxidation sites excluding steroid dienone is 1. The number of aryl methyl sites for hydroxylation is 2. The maximum atomic E-state index is 14.9. The van der Waals surface area contributed by atoms with Gasteiger partial charge in [-0.05, 0) is 97.6 Å². The minimum Gasteiger partial charge on any atom is -0.204 e. The maximum absolute atomic E-state index is 14.9. The third kappa shape index (κ3) is 5.83. The Hall–Kier alpha value is -2.95. The summed E-state index contributed by atoms with van der Waals surface area (Å²) in [7, 11) is 0. The number of benzene rings is 3. The molecule has 0 spiro atoms. The minimum atomic E-state index is -1.54. The summed E-state index contributed by atoms with van der Waals surface area (Å²) in [6.45, 7) is 3.80. The van der Waals surface area contributed by atoms with Crippen LogP contribution >= 0.6 is 0 Å². The van der Waals surface area contributed by atoms with Crippen LogP contribution in [0.15, 0.2) is 61.2 Å². The Morgan fingerprint density at radius 3 is 2.03 bits per heavy atom. The third-order valence-electron chi connectivity index (χ3n) is 7.21. The zero-order valence-electron chi connectivity index (χ0n) is 19.6. The summed E-state index contributed by atoms with van der Waals surface area (Å²) in [5.41, 5.74) is 2.27. The highest BCUT2D eigenvalue weighted by Gasteiger charge is 2.22. The van der Waals surface area contributed by atoms with Gasteiger partial charge in [0.1, 0.15) is 0 Å². The van der Waals surface area contributed by atoms with Crippen molar-refractivity contribution in [1.82, 2.24) is 0 Å². The molecule has 0 N–H and O–H groups in total. The molecule has 1 aliphatic rings. The van der Waals surface area contributed by atoms with E-state index in [9.17, 15) is 22.0 Å². The van der Waals surface area contributed by atoms with Crippen molar-refractivity contribution in [3.05, 3.63) is 107 Å². The second-order valence-electron chi connectivity index (χ2n) is 9.48. The lowest BCUT2D eigenvalue weighted by Gasteiger charge is -2.28. The van der Waals surface area contributed by atoms with Crippen molar-refractivity contribution < 1.29 is 22.0 Å². The lowest BCUT2D eigenvalue weighted by atomic mass is 9.77. The molecule has 0 bridgehead atoms. The molecule has 5 heteroatoms. The van der Waals surface area contributed by atoms with Crippen molar-refractivity contribution in [3.63, 3.8) is 0 Å². The second kappa shape index (κ2) is 11.2. The quantitative estimate of drug-likeness (QED) is 0.170. The monoisotopic (exact) mass is 484 g/mol. The molecule has 0 unspecified atom stereocenters. The van der Waals surface area contributed by atoms with Gasteiger partial charge in [-0.3, -0.25) is 0 Å². The van der Waals surface area contributed by atoms with Gasteiger partial charge in [0.15, 0.2) is 29.1 Å². The van der Waals surface area contributed by atoms with E-state index in [-0.39, 0.29) is 29.5 Å². The lowest BCUT2D eigenvalue weighted by Crippen LogP contribution is -2.13. The summed E-state index contributed by atoms with van der Waals surface area (Å²) in [4.78, 5) is 0. The standard InChI is InChI=1S/C30H29F5/c1-2-3-4-19-5-8-21(9-6-19)22-11-13-23(14-12-22)25-16-15-24(28(33)29(25)34)10-7-20-17-26(31)30(35)27(32)18-20/h2,11-19,21H,1,3-10H2. The normalized spacial score (nSPS) is 18.0. The van der Waals surface area contributed by atoms with E-state index >= 15 is 0 Å². The summed E-state index contributed by atoms with van der Waals surface area (Å²) in [6, 6.07) is 12.4. The number of rotatable bonds is 8. The Labute approximate surface area is 203 Å². The first-order valence-corrected chi connectivity index (χ1v) is 12.2. The zero-order valence-corrected chi connectivity index (χ0v) is 19.6. The van der Waals surface area contributed by atoms with Crippen LogP contribution in [-0.4, -0.2) is 0 Å². The fraction of sp³-hybridized carbons (Fsp3) is 0.333. The lowest BCUT2D eigenvalue weighted by molar-refractivity contribution is 0.312. The first-order valence-electron chi connectivity index (χ1n) is 12.2. The molecule has 0 aromatic heterocycles. The topological polar surface area (TPSA) is 0 Å². The highest BCUT2D eigenvalue weighted by atomic mass is 19.2. The van der Waals surface area contributed by atoms with Crippen LogP contribution < -0.4 is 0 Å². The average molecular weight is 485 g/mol. The van der Waals surface area contributed by atoms with Crippen LogP contribution in [0.3, 0.4) is 0 Å². The van der Waals surface area contributed by atoms with Crippen molar-refractivity contribution in [2.75, 3.05) is 0 Å². The van der Waals surface area contributed by atoms with Gasteiger partial charge >= 0.3 is 0 Å². The van der Waals surface area contributed by atoms with Crippen LogP contribution in [0.2, 0.25) is 0 Å². The molecule has 0 radical (unpaired) electrons. The Bertz CT molecular complexity index is 1150. The predicted octanol–water partition coefficient (Wildman–Crippen LogP) is 9.07. The molecule has 1 fully saturated rings. The molecular formula is C30H29F5. The zero-order chi connectivity index (χ0) is 24.9. The molecule has 0 saturated heterocycles. The van der Waals surface area contributed by atoms with E-state index in [2.05, 4.69) is 6.58 Å². The second-order valence-corrected chi connectivity index (χ2v) is 9.48. The Balaban J connectivity index is 1.42. The van der Waals surface area contributed by atoms with Gasteiger partial charge < -0.3 is 0 Å². The van der Waals surface area contributed by atoms with Crippen LogP contribution in [0.4, 0.5) is 22.0 Å². The minimum absolute atomic E-state index is 0.0297. The molecule has 35 heavy (non-hydrogen) atoms. The van der Waals surface area contributed by atoms with Gasteiger partial charge in [-0.25, -0.2) is 22.0 Å². The van der Waals surface area contributed by atoms with Gasteiger partial charge in [0.05, 0.1) is 0 Å². The van der Waals surface area contributed by atoms with Crippen molar-refractivity contribution in [2.24, 2.45) is 5.92 Å². The highest BCUT2D eigenvalue weighted by Crippen LogP contribution is 2.38. The van der Waals surface area contributed by atoms with Crippen LogP contribution in [0, 0.1) is 35.0 Å². The van der Waals surface area contributed by atoms with Crippen LogP contribution in [0.5, 0.6) is 0 Å². The number of hydrogen-bond donors (Lipinski definition) is 0. The molecule has 184 valence electrons. The summed E-state index contributed by atoms with van der Waals surface area (Å²) >= 11 is 0. The molecule has 0 aliphatic heterocycles. The molecule has 1 aliphatic carbocycles. The van der Waals surface area contributed by atoms with Gasteiger partial charge in [0.25, 0.3) is 0 Å². The van der Waals surface area contributed by atoms with Crippen molar-refractivity contribution >= 4 is 0 Å². The number of halogens is 5. The Morgan fingerprint density at radius 2 is 1.40 bits per heavy atom. The van der Waals surface area contributed by atoms with Crippen molar-refractivity contribution in [2.45, 2.75) is 57.3 Å². The van der Waals surface area contributed by atoms with Gasteiger partial charge in [-0.15, -0.1) is 6.58 Å². The van der Waals surface area contributed by atoms with Crippen molar-refractivity contribution in [3.8, 4) is 11.1 Å². The predicted molar refractivity (Wildman–Crippen MR) is 130 cm³/mol.